The van der Waals surface area contributed by atoms with Crippen molar-refractivity contribution in [2.24, 2.45) is 5.73 Å². The van der Waals surface area contributed by atoms with Gasteiger partial charge in [-0.2, -0.15) is 0 Å². The average molecular weight is 388 g/mol. The molecule has 0 saturated heterocycles. The van der Waals surface area contributed by atoms with Crippen molar-refractivity contribution in [3.8, 4) is 11.5 Å². The Hall–Kier alpha value is -2.65. The maximum atomic E-state index is 12.1. The van der Waals surface area contributed by atoms with E-state index in [-0.39, 0.29) is 11.7 Å². The summed E-state index contributed by atoms with van der Waals surface area (Å²) in [5.41, 5.74) is 8.70. The van der Waals surface area contributed by atoms with E-state index in [1.807, 2.05) is 32.0 Å². The maximum Gasteiger partial charge on any atom is 0.277 e. The van der Waals surface area contributed by atoms with Crippen LogP contribution in [0.25, 0.3) is 11.5 Å². The van der Waals surface area contributed by atoms with Crippen LogP contribution in [0.5, 0.6) is 0 Å². The van der Waals surface area contributed by atoms with Gasteiger partial charge in [-0.05, 0) is 48.6 Å². The van der Waals surface area contributed by atoms with Gasteiger partial charge in [0.2, 0.25) is 11.8 Å². The molecule has 0 radical (unpaired) electrons. The second-order valence-electron chi connectivity index (χ2n) is 5.54. The standard InChI is InChI=1S/C17H16N4O3S2/c1-9-3-4-11(7-10(9)2)15-20-21-17(24-15)26-8-13(22)19-16-12(14(18)23)5-6-25-16/h3-7H,8H2,1-2H3,(H2,18,23)(H,19,22). The molecule has 0 saturated carbocycles. The van der Waals surface area contributed by atoms with Gasteiger partial charge in [-0.3, -0.25) is 9.59 Å². The van der Waals surface area contributed by atoms with Crippen molar-refractivity contribution in [3.05, 3.63) is 46.3 Å². The molecule has 2 amide bonds. The highest BCUT2D eigenvalue weighted by atomic mass is 32.2. The number of amides is 2. The normalized spacial score (nSPS) is 10.7. The van der Waals surface area contributed by atoms with Gasteiger partial charge in [0.15, 0.2) is 0 Å². The zero-order valence-corrected chi connectivity index (χ0v) is 15.7. The summed E-state index contributed by atoms with van der Waals surface area (Å²) in [6.45, 7) is 4.05. The molecule has 0 unspecified atom stereocenters. The molecule has 0 fully saturated rings. The van der Waals surface area contributed by atoms with Crippen molar-refractivity contribution >= 4 is 39.9 Å². The van der Waals surface area contributed by atoms with E-state index in [4.69, 9.17) is 10.2 Å². The van der Waals surface area contributed by atoms with E-state index >= 15 is 0 Å². The van der Waals surface area contributed by atoms with Crippen molar-refractivity contribution in [1.82, 2.24) is 10.2 Å². The van der Waals surface area contributed by atoms with Crippen molar-refractivity contribution in [2.45, 2.75) is 19.1 Å². The van der Waals surface area contributed by atoms with E-state index < -0.39 is 5.91 Å². The number of carbonyl (C=O) groups is 2. The second kappa shape index (κ2) is 7.71. The highest BCUT2D eigenvalue weighted by molar-refractivity contribution is 7.99. The Bertz CT molecular complexity index is 965. The monoisotopic (exact) mass is 388 g/mol. The molecule has 3 aromatic rings. The molecule has 0 atom stereocenters. The van der Waals surface area contributed by atoms with Crippen LogP contribution in [-0.4, -0.2) is 27.8 Å². The van der Waals surface area contributed by atoms with Crippen LogP contribution in [0.15, 0.2) is 39.3 Å². The van der Waals surface area contributed by atoms with Gasteiger partial charge in [0.1, 0.15) is 5.00 Å². The maximum absolute atomic E-state index is 12.1. The number of rotatable bonds is 6. The van der Waals surface area contributed by atoms with Crippen molar-refractivity contribution < 1.29 is 14.0 Å². The minimum Gasteiger partial charge on any atom is -0.411 e. The molecule has 0 aliphatic carbocycles. The zero-order chi connectivity index (χ0) is 18.7. The number of anilines is 1. The molecular formula is C17H16N4O3S2. The van der Waals surface area contributed by atoms with Gasteiger partial charge in [-0.15, -0.1) is 21.5 Å². The van der Waals surface area contributed by atoms with Crippen LogP contribution in [0.1, 0.15) is 21.5 Å². The molecular weight excluding hydrogens is 372 g/mol. The van der Waals surface area contributed by atoms with Crippen LogP contribution in [-0.2, 0) is 4.79 Å². The van der Waals surface area contributed by atoms with Gasteiger partial charge in [-0.1, -0.05) is 17.8 Å². The first-order chi connectivity index (χ1) is 12.4. The largest absolute Gasteiger partial charge is 0.411 e. The van der Waals surface area contributed by atoms with E-state index in [1.165, 1.54) is 16.9 Å². The highest BCUT2D eigenvalue weighted by Gasteiger charge is 2.15. The first kappa shape index (κ1) is 18.2. The molecule has 0 aliphatic rings. The summed E-state index contributed by atoms with van der Waals surface area (Å²) in [6.07, 6.45) is 0. The number of primary amides is 1. The summed E-state index contributed by atoms with van der Waals surface area (Å²) >= 11 is 2.36. The van der Waals surface area contributed by atoms with Crippen molar-refractivity contribution in [1.29, 1.82) is 0 Å². The fourth-order valence-corrected chi connectivity index (χ4v) is 3.52. The van der Waals surface area contributed by atoms with Gasteiger partial charge in [0, 0.05) is 5.56 Å². The van der Waals surface area contributed by atoms with Gasteiger partial charge in [-0.25, -0.2) is 0 Å². The second-order valence-corrected chi connectivity index (χ2v) is 7.38. The lowest BCUT2D eigenvalue weighted by atomic mass is 10.1. The third-order valence-electron chi connectivity index (χ3n) is 3.67. The summed E-state index contributed by atoms with van der Waals surface area (Å²) < 4.78 is 5.60. The number of carbonyl (C=O) groups excluding carboxylic acids is 2. The number of hydrogen-bond acceptors (Lipinski definition) is 7. The van der Waals surface area contributed by atoms with Gasteiger partial charge >= 0.3 is 0 Å². The van der Waals surface area contributed by atoms with E-state index in [2.05, 4.69) is 15.5 Å². The number of benzene rings is 1. The molecule has 1 aromatic carbocycles. The minimum atomic E-state index is -0.580. The van der Waals surface area contributed by atoms with Crippen molar-refractivity contribution in [3.63, 3.8) is 0 Å². The Kier molecular flexibility index (Phi) is 5.38. The number of nitrogens with zero attached hydrogens (tertiary/aromatic N) is 2. The Morgan fingerprint density at radius 3 is 2.77 bits per heavy atom. The number of nitrogens with two attached hydrogens (primary N) is 1. The third-order valence-corrected chi connectivity index (χ3v) is 5.32. The molecule has 134 valence electrons. The minimum absolute atomic E-state index is 0.0741. The highest BCUT2D eigenvalue weighted by Crippen LogP contribution is 2.26. The number of aryl methyl sites for hydroxylation is 2. The van der Waals surface area contributed by atoms with Crippen LogP contribution < -0.4 is 11.1 Å². The molecule has 0 spiro atoms. The van der Waals surface area contributed by atoms with Crippen LogP contribution in [0.4, 0.5) is 5.00 Å². The van der Waals surface area contributed by atoms with Crippen LogP contribution >= 0.6 is 23.1 Å². The third kappa shape index (κ3) is 4.12. The Labute approximate surface area is 158 Å². The summed E-state index contributed by atoms with van der Waals surface area (Å²) in [5.74, 6) is -0.384. The fraction of sp³-hybridized carbons (Fsp3) is 0.176. The Morgan fingerprint density at radius 2 is 2.04 bits per heavy atom. The Balaban J connectivity index is 1.61. The summed E-state index contributed by atoms with van der Waals surface area (Å²) in [6, 6.07) is 7.46. The molecule has 3 N–H and O–H groups in total. The number of hydrogen-bond donors (Lipinski definition) is 2. The molecule has 26 heavy (non-hydrogen) atoms. The topological polar surface area (TPSA) is 111 Å². The van der Waals surface area contributed by atoms with Gasteiger partial charge < -0.3 is 15.5 Å². The molecule has 0 aliphatic heterocycles. The lowest BCUT2D eigenvalue weighted by Crippen LogP contribution is -2.17. The SMILES string of the molecule is Cc1ccc(-c2nnc(SCC(=O)Nc3sccc3C(N)=O)o2)cc1C. The van der Waals surface area contributed by atoms with Crippen molar-refractivity contribution in [2.75, 3.05) is 11.1 Å². The number of thioether (sulfide) groups is 1. The zero-order valence-electron chi connectivity index (χ0n) is 14.1. The van der Waals surface area contributed by atoms with E-state index in [1.54, 1.807) is 11.4 Å². The first-order valence-electron chi connectivity index (χ1n) is 7.65. The number of aromatic nitrogens is 2. The molecule has 2 heterocycles. The first-order valence-corrected chi connectivity index (χ1v) is 9.51. The fourth-order valence-electron chi connectivity index (χ4n) is 2.15. The van der Waals surface area contributed by atoms with Gasteiger partial charge in [0.25, 0.3) is 11.1 Å². The van der Waals surface area contributed by atoms with Crippen LogP contribution in [0, 0.1) is 13.8 Å². The summed E-state index contributed by atoms with van der Waals surface area (Å²) in [4.78, 5) is 23.3. The predicted molar refractivity (Wildman–Crippen MR) is 101 cm³/mol. The number of nitrogens with one attached hydrogen (secondary N) is 1. The molecule has 9 heteroatoms. The predicted octanol–water partition coefficient (Wildman–Crippen LogP) is 3.24. The van der Waals surface area contributed by atoms with E-state index in [0.29, 0.717) is 21.7 Å². The lowest BCUT2D eigenvalue weighted by molar-refractivity contribution is -0.113. The molecule has 0 bridgehead atoms. The van der Waals surface area contributed by atoms with Gasteiger partial charge in [0.05, 0.1) is 11.3 Å². The lowest BCUT2D eigenvalue weighted by Gasteiger charge is -2.03. The quantitative estimate of drug-likeness (QED) is 0.627. The molecule has 3 rings (SSSR count). The summed E-state index contributed by atoms with van der Waals surface area (Å²) in [7, 11) is 0. The molecule has 2 aromatic heterocycles. The molecule has 7 nitrogen and oxygen atoms in total. The van der Waals surface area contributed by atoms with Crippen LogP contribution in [0.2, 0.25) is 0 Å². The van der Waals surface area contributed by atoms with E-state index in [0.717, 1.165) is 22.9 Å². The van der Waals surface area contributed by atoms with E-state index in [9.17, 15) is 9.59 Å². The summed E-state index contributed by atoms with van der Waals surface area (Å²) in [5, 5.41) is 13.1. The number of thiophene rings is 1. The average Bonchev–Trinajstić information content (AvgIpc) is 3.25. The smallest absolute Gasteiger partial charge is 0.277 e. The van der Waals surface area contributed by atoms with Crippen LogP contribution in [0.3, 0.4) is 0 Å². The Morgan fingerprint density at radius 1 is 1.23 bits per heavy atom.